The molecule has 29 heavy (non-hydrogen) atoms. The normalized spacial score (nSPS) is 10.2. The van der Waals surface area contributed by atoms with Crippen LogP contribution < -0.4 is 20.5 Å². The van der Waals surface area contributed by atoms with Crippen LogP contribution in [0.5, 0.6) is 17.2 Å². The molecule has 2 aromatic carbocycles. The summed E-state index contributed by atoms with van der Waals surface area (Å²) >= 11 is 0. The summed E-state index contributed by atoms with van der Waals surface area (Å²) in [5.74, 6) is 1.17. The van der Waals surface area contributed by atoms with E-state index in [0.29, 0.717) is 22.9 Å². The molecule has 3 rings (SSSR count). The highest BCUT2D eigenvalue weighted by Gasteiger charge is 2.08. The second-order valence-corrected chi connectivity index (χ2v) is 6.39. The van der Waals surface area contributed by atoms with Gasteiger partial charge in [0.1, 0.15) is 17.2 Å². The van der Waals surface area contributed by atoms with Crippen LogP contribution in [0.2, 0.25) is 0 Å². The lowest BCUT2D eigenvalue weighted by Crippen LogP contribution is -2.20. The lowest BCUT2D eigenvalue weighted by molar-refractivity contribution is -0.118. The van der Waals surface area contributed by atoms with Gasteiger partial charge in [0, 0.05) is 11.9 Å². The van der Waals surface area contributed by atoms with Crippen LogP contribution in [0.4, 0.5) is 5.69 Å². The second kappa shape index (κ2) is 9.36. The van der Waals surface area contributed by atoms with Crippen LogP contribution in [0.15, 0.2) is 67.0 Å². The molecule has 1 aromatic heterocycles. The van der Waals surface area contributed by atoms with Crippen molar-refractivity contribution in [2.75, 3.05) is 11.9 Å². The first kappa shape index (κ1) is 19.9. The van der Waals surface area contributed by atoms with Gasteiger partial charge in [-0.25, -0.2) is 0 Å². The quantitative estimate of drug-likeness (QED) is 0.614. The molecule has 148 valence electrons. The van der Waals surface area contributed by atoms with Gasteiger partial charge in [0.15, 0.2) is 6.61 Å². The average Bonchev–Trinajstić information content (AvgIpc) is 2.70. The number of rotatable bonds is 8. The van der Waals surface area contributed by atoms with Gasteiger partial charge in [0.05, 0.1) is 12.6 Å². The minimum absolute atomic E-state index is 0.137. The van der Waals surface area contributed by atoms with Gasteiger partial charge in [0.25, 0.3) is 5.91 Å². The molecule has 0 aliphatic heterocycles. The highest BCUT2D eigenvalue weighted by Crippen LogP contribution is 2.26. The van der Waals surface area contributed by atoms with Crippen molar-refractivity contribution < 1.29 is 19.1 Å². The number of aryl methyl sites for hydroxylation is 1. The zero-order valence-corrected chi connectivity index (χ0v) is 15.9. The Hall–Kier alpha value is -3.87. The monoisotopic (exact) mass is 391 g/mol. The first-order valence-electron chi connectivity index (χ1n) is 8.98. The largest absolute Gasteiger partial charge is 0.484 e. The SMILES string of the molecule is Cc1cc(NC(=O)COc2ccc(CC(N)=O)cc2)ccc1Oc1cccnc1. The number of carbonyl (C=O) groups is 2. The van der Waals surface area contributed by atoms with Crippen LogP contribution in [0.3, 0.4) is 0 Å². The number of nitrogens with zero attached hydrogens (tertiary/aromatic N) is 1. The summed E-state index contributed by atoms with van der Waals surface area (Å²) < 4.78 is 11.3. The van der Waals surface area contributed by atoms with E-state index >= 15 is 0 Å². The molecule has 0 atom stereocenters. The average molecular weight is 391 g/mol. The first-order chi connectivity index (χ1) is 14.0. The van der Waals surface area contributed by atoms with Gasteiger partial charge >= 0.3 is 0 Å². The van der Waals surface area contributed by atoms with E-state index in [1.807, 2.05) is 19.1 Å². The summed E-state index contributed by atoms with van der Waals surface area (Å²) in [6, 6.07) is 15.9. The van der Waals surface area contributed by atoms with Crippen LogP contribution >= 0.6 is 0 Å². The number of primary amides is 1. The lowest BCUT2D eigenvalue weighted by Gasteiger charge is -2.11. The summed E-state index contributed by atoms with van der Waals surface area (Å²) in [6.07, 6.45) is 3.48. The summed E-state index contributed by atoms with van der Waals surface area (Å²) in [7, 11) is 0. The van der Waals surface area contributed by atoms with Crippen LogP contribution in [-0.2, 0) is 16.0 Å². The number of hydrogen-bond donors (Lipinski definition) is 2. The van der Waals surface area contributed by atoms with Gasteiger partial charge in [-0.2, -0.15) is 0 Å². The molecule has 0 bridgehead atoms. The van der Waals surface area contributed by atoms with Crippen LogP contribution in [-0.4, -0.2) is 23.4 Å². The number of anilines is 1. The topological polar surface area (TPSA) is 104 Å². The van der Waals surface area contributed by atoms with E-state index in [1.54, 1.807) is 54.9 Å². The van der Waals surface area contributed by atoms with E-state index in [0.717, 1.165) is 11.1 Å². The van der Waals surface area contributed by atoms with Crippen molar-refractivity contribution in [1.82, 2.24) is 4.98 Å². The zero-order valence-electron chi connectivity index (χ0n) is 15.9. The van der Waals surface area contributed by atoms with E-state index in [1.165, 1.54) is 0 Å². The van der Waals surface area contributed by atoms with Gasteiger partial charge in [-0.15, -0.1) is 0 Å². The molecular weight excluding hydrogens is 370 g/mol. The summed E-state index contributed by atoms with van der Waals surface area (Å²) in [5, 5.41) is 2.79. The highest BCUT2D eigenvalue weighted by atomic mass is 16.5. The molecule has 0 spiro atoms. The van der Waals surface area contributed by atoms with Crippen molar-refractivity contribution >= 4 is 17.5 Å². The fourth-order valence-corrected chi connectivity index (χ4v) is 2.63. The molecule has 3 aromatic rings. The van der Waals surface area contributed by atoms with E-state index in [2.05, 4.69) is 10.3 Å². The van der Waals surface area contributed by atoms with E-state index < -0.39 is 5.91 Å². The van der Waals surface area contributed by atoms with E-state index in [9.17, 15) is 9.59 Å². The van der Waals surface area contributed by atoms with Crippen molar-refractivity contribution in [3.05, 3.63) is 78.1 Å². The minimum Gasteiger partial charge on any atom is -0.484 e. The smallest absolute Gasteiger partial charge is 0.262 e. The first-order valence-corrected chi connectivity index (χ1v) is 8.98. The van der Waals surface area contributed by atoms with Gasteiger partial charge in [-0.05, 0) is 60.5 Å². The Morgan fingerprint density at radius 3 is 2.52 bits per heavy atom. The molecule has 7 nitrogen and oxygen atoms in total. The molecule has 7 heteroatoms. The fraction of sp³-hybridized carbons (Fsp3) is 0.136. The molecule has 0 aliphatic rings. The molecule has 1 heterocycles. The standard InChI is InChI=1S/C22H21N3O4/c1-15-11-17(6-9-20(15)29-19-3-2-10-24-13-19)25-22(27)14-28-18-7-4-16(5-8-18)12-21(23)26/h2-11,13H,12,14H2,1H3,(H2,23,26)(H,25,27). The number of nitrogens with one attached hydrogen (secondary N) is 1. The number of carbonyl (C=O) groups excluding carboxylic acids is 2. The maximum Gasteiger partial charge on any atom is 0.262 e. The lowest BCUT2D eigenvalue weighted by atomic mass is 10.1. The van der Waals surface area contributed by atoms with Gasteiger partial charge in [0.2, 0.25) is 5.91 Å². The minimum atomic E-state index is -0.398. The maximum atomic E-state index is 12.1. The van der Waals surface area contributed by atoms with Gasteiger partial charge in [-0.3, -0.25) is 14.6 Å². The maximum absolute atomic E-state index is 12.1. The number of benzene rings is 2. The summed E-state index contributed by atoms with van der Waals surface area (Å²) in [5.41, 5.74) is 7.47. The molecule has 2 amide bonds. The van der Waals surface area contributed by atoms with Crippen LogP contribution in [0.25, 0.3) is 0 Å². The Kier molecular flexibility index (Phi) is 6.42. The number of aromatic nitrogens is 1. The molecule has 0 unspecified atom stereocenters. The predicted octanol–water partition coefficient (Wildman–Crippen LogP) is 3.23. The number of nitrogens with two attached hydrogens (primary N) is 1. The Bertz CT molecular complexity index is 989. The molecule has 0 aliphatic carbocycles. The highest BCUT2D eigenvalue weighted by molar-refractivity contribution is 5.92. The Morgan fingerprint density at radius 1 is 1.07 bits per heavy atom. The van der Waals surface area contributed by atoms with Crippen molar-refractivity contribution in [2.24, 2.45) is 5.73 Å². The Labute approximate surface area is 168 Å². The van der Waals surface area contributed by atoms with Crippen molar-refractivity contribution in [2.45, 2.75) is 13.3 Å². The van der Waals surface area contributed by atoms with Gasteiger partial charge in [-0.1, -0.05) is 12.1 Å². The third kappa shape index (κ3) is 6.07. The Morgan fingerprint density at radius 2 is 1.86 bits per heavy atom. The third-order valence-corrected chi connectivity index (χ3v) is 3.99. The van der Waals surface area contributed by atoms with Gasteiger partial charge < -0.3 is 20.5 Å². The third-order valence-electron chi connectivity index (χ3n) is 3.99. The summed E-state index contributed by atoms with van der Waals surface area (Å²) in [6.45, 7) is 1.76. The number of amides is 2. The number of pyridine rings is 1. The van der Waals surface area contributed by atoms with Crippen molar-refractivity contribution in [3.8, 4) is 17.2 Å². The van der Waals surface area contributed by atoms with Crippen LogP contribution in [0, 0.1) is 6.92 Å². The van der Waals surface area contributed by atoms with Crippen LogP contribution in [0.1, 0.15) is 11.1 Å². The van der Waals surface area contributed by atoms with E-state index in [4.69, 9.17) is 15.2 Å². The second-order valence-electron chi connectivity index (χ2n) is 6.39. The Balaban J connectivity index is 1.52. The molecule has 3 N–H and O–H groups in total. The number of hydrogen-bond acceptors (Lipinski definition) is 5. The van der Waals surface area contributed by atoms with E-state index in [-0.39, 0.29) is 18.9 Å². The molecule has 0 radical (unpaired) electrons. The molecule has 0 saturated carbocycles. The predicted molar refractivity (Wildman–Crippen MR) is 109 cm³/mol. The zero-order chi connectivity index (χ0) is 20.6. The van der Waals surface area contributed by atoms with Crippen molar-refractivity contribution in [1.29, 1.82) is 0 Å². The summed E-state index contributed by atoms with van der Waals surface area (Å²) in [4.78, 5) is 27.1. The number of ether oxygens (including phenoxy) is 2. The fourth-order valence-electron chi connectivity index (χ4n) is 2.63. The molecule has 0 saturated heterocycles. The molecular formula is C22H21N3O4. The molecule has 0 fully saturated rings. The van der Waals surface area contributed by atoms with Crippen molar-refractivity contribution in [3.63, 3.8) is 0 Å².